The molecule has 0 aromatic heterocycles. The quantitative estimate of drug-likeness (QED) is 0.446. The fourth-order valence-corrected chi connectivity index (χ4v) is 1.82. The molecule has 17 heavy (non-hydrogen) atoms. The minimum absolute atomic E-state index is 0.245. The predicted molar refractivity (Wildman–Crippen MR) is 69.3 cm³/mol. The highest BCUT2D eigenvalue weighted by Gasteiger charge is 2.06. The summed E-state index contributed by atoms with van der Waals surface area (Å²) in [5.74, 6) is 4.87. The Kier molecular flexibility index (Phi) is 5.66. The summed E-state index contributed by atoms with van der Waals surface area (Å²) in [6.45, 7) is 7.27. The Morgan fingerprint density at radius 1 is 1.41 bits per heavy atom. The molecule has 0 atom stereocenters. The molecule has 1 aromatic carbocycles. The Balaban J connectivity index is 2.74. The highest BCUT2D eigenvalue weighted by molar-refractivity contribution is 5.93. The van der Waals surface area contributed by atoms with Gasteiger partial charge in [-0.05, 0) is 37.2 Å². The molecule has 1 amide bonds. The fraction of sp³-hybridized carbons (Fsp3) is 0.462. The second kappa shape index (κ2) is 7.04. The normalized spacial score (nSPS) is 10.6. The number of carbonyl (C=O) groups is 1. The Morgan fingerprint density at radius 3 is 2.76 bits per heavy atom. The molecular weight excluding hydrogens is 214 g/mol. The molecule has 3 N–H and O–H groups in total. The second-order valence-electron chi connectivity index (χ2n) is 4.04. The molecule has 0 heterocycles. The number of benzene rings is 1. The molecule has 4 heteroatoms. The van der Waals surface area contributed by atoms with Gasteiger partial charge in [-0.15, -0.1) is 0 Å². The van der Waals surface area contributed by atoms with Gasteiger partial charge in [0, 0.05) is 12.1 Å². The zero-order chi connectivity index (χ0) is 12.7. The van der Waals surface area contributed by atoms with Crippen molar-refractivity contribution in [3.63, 3.8) is 0 Å². The average Bonchev–Trinajstić information content (AvgIpc) is 2.37. The van der Waals surface area contributed by atoms with E-state index in [4.69, 9.17) is 5.84 Å². The maximum absolute atomic E-state index is 11.4. The van der Waals surface area contributed by atoms with Gasteiger partial charge in [-0.25, -0.2) is 5.84 Å². The van der Waals surface area contributed by atoms with Crippen molar-refractivity contribution in [1.82, 2.24) is 10.3 Å². The fourth-order valence-electron chi connectivity index (χ4n) is 1.82. The van der Waals surface area contributed by atoms with Gasteiger partial charge in [0.1, 0.15) is 0 Å². The summed E-state index contributed by atoms with van der Waals surface area (Å²) in [4.78, 5) is 13.7. The van der Waals surface area contributed by atoms with E-state index in [2.05, 4.69) is 24.2 Å². The number of nitrogens with one attached hydrogen (secondary N) is 1. The third kappa shape index (κ3) is 4.17. The smallest absolute Gasteiger partial charge is 0.265 e. The van der Waals surface area contributed by atoms with Crippen LogP contribution in [0.3, 0.4) is 0 Å². The van der Waals surface area contributed by atoms with Crippen LogP contribution in [0.15, 0.2) is 24.3 Å². The zero-order valence-electron chi connectivity index (χ0n) is 10.6. The highest BCUT2D eigenvalue weighted by atomic mass is 16.2. The van der Waals surface area contributed by atoms with Gasteiger partial charge in [-0.2, -0.15) is 0 Å². The van der Waals surface area contributed by atoms with Gasteiger partial charge in [0.25, 0.3) is 5.91 Å². The SMILES string of the molecule is CCCN(CC)Cc1cccc(C(=O)NN)c1. The summed E-state index contributed by atoms with van der Waals surface area (Å²) in [7, 11) is 0. The lowest BCUT2D eigenvalue weighted by Crippen LogP contribution is -2.30. The first kappa shape index (κ1) is 13.7. The van der Waals surface area contributed by atoms with Crippen molar-refractivity contribution in [2.45, 2.75) is 26.8 Å². The summed E-state index contributed by atoms with van der Waals surface area (Å²) >= 11 is 0. The lowest BCUT2D eigenvalue weighted by Gasteiger charge is -2.19. The van der Waals surface area contributed by atoms with E-state index in [1.807, 2.05) is 18.2 Å². The van der Waals surface area contributed by atoms with Crippen LogP contribution in [-0.2, 0) is 6.54 Å². The van der Waals surface area contributed by atoms with Crippen molar-refractivity contribution in [2.75, 3.05) is 13.1 Å². The van der Waals surface area contributed by atoms with Crippen LogP contribution in [0.2, 0.25) is 0 Å². The number of nitrogens with two attached hydrogens (primary N) is 1. The summed E-state index contributed by atoms with van der Waals surface area (Å²) in [5, 5.41) is 0. The number of hydrazine groups is 1. The molecule has 0 aliphatic heterocycles. The molecule has 0 saturated heterocycles. The predicted octanol–water partition coefficient (Wildman–Crippen LogP) is 1.52. The van der Waals surface area contributed by atoms with Gasteiger partial charge in [-0.1, -0.05) is 26.0 Å². The monoisotopic (exact) mass is 235 g/mol. The lowest BCUT2D eigenvalue weighted by atomic mass is 10.1. The first-order valence-electron chi connectivity index (χ1n) is 6.03. The van der Waals surface area contributed by atoms with Gasteiger partial charge in [-0.3, -0.25) is 15.1 Å². The minimum Gasteiger partial charge on any atom is -0.299 e. The van der Waals surface area contributed by atoms with Crippen LogP contribution in [0.25, 0.3) is 0 Å². The Morgan fingerprint density at radius 2 is 2.18 bits per heavy atom. The third-order valence-corrected chi connectivity index (χ3v) is 2.71. The summed E-state index contributed by atoms with van der Waals surface area (Å²) in [6.07, 6.45) is 1.14. The molecule has 0 radical (unpaired) electrons. The van der Waals surface area contributed by atoms with Crippen LogP contribution in [0.5, 0.6) is 0 Å². The summed E-state index contributed by atoms with van der Waals surface area (Å²) in [6, 6.07) is 7.58. The Labute approximate surface area is 103 Å². The Bertz CT molecular complexity index is 365. The Hall–Kier alpha value is -1.39. The van der Waals surface area contributed by atoms with Gasteiger partial charge in [0.2, 0.25) is 0 Å². The molecule has 1 aromatic rings. The molecule has 94 valence electrons. The van der Waals surface area contributed by atoms with E-state index in [0.717, 1.165) is 31.6 Å². The van der Waals surface area contributed by atoms with Gasteiger partial charge in [0.15, 0.2) is 0 Å². The molecule has 0 bridgehead atoms. The number of hydrogen-bond acceptors (Lipinski definition) is 3. The van der Waals surface area contributed by atoms with Crippen molar-refractivity contribution in [1.29, 1.82) is 0 Å². The number of carbonyl (C=O) groups excluding carboxylic acids is 1. The molecule has 0 spiro atoms. The van der Waals surface area contributed by atoms with Crippen molar-refractivity contribution < 1.29 is 4.79 Å². The van der Waals surface area contributed by atoms with Gasteiger partial charge < -0.3 is 0 Å². The van der Waals surface area contributed by atoms with Crippen LogP contribution in [-0.4, -0.2) is 23.9 Å². The van der Waals surface area contributed by atoms with Crippen LogP contribution in [0, 0.1) is 0 Å². The summed E-state index contributed by atoms with van der Waals surface area (Å²) in [5.41, 5.74) is 3.90. The van der Waals surface area contributed by atoms with E-state index < -0.39 is 0 Å². The van der Waals surface area contributed by atoms with Crippen molar-refractivity contribution in [2.24, 2.45) is 5.84 Å². The van der Waals surface area contributed by atoms with Crippen LogP contribution in [0.1, 0.15) is 36.2 Å². The second-order valence-corrected chi connectivity index (χ2v) is 4.04. The number of hydrogen-bond donors (Lipinski definition) is 2. The first-order chi connectivity index (χ1) is 8.21. The highest BCUT2D eigenvalue weighted by Crippen LogP contribution is 2.08. The maximum atomic E-state index is 11.4. The van der Waals surface area contributed by atoms with E-state index in [1.165, 1.54) is 0 Å². The number of nitrogens with zero attached hydrogens (tertiary/aromatic N) is 1. The number of amides is 1. The van der Waals surface area contributed by atoms with E-state index in [0.29, 0.717) is 5.56 Å². The number of nitrogen functional groups attached to an aromatic ring is 1. The average molecular weight is 235 g/mol. The molecule has 4 nitrogen and oxygen atoms in total. The van der Waals surface area contributed by atoms with Crippen molar-refractivity contribution >= 4 is 5.91 Å². The maximum Gasteiger partial charge on any atom is 0.265 e. The standard InChI is InChI=1S/C13H21N3O/c1-3-8-16(4-2)10-11-6-5-7-12(9-11)13(17)15-14/h5-7,9H,3-4,8,10,14H2,1-2H3,(H,15,17). The van der Waals surface area contributed by atoms with E-state index in [-0.39, 0.29) is 5.91 Å². The molecule has 0 aliphatic carbocycles. The van der Waals surface area contributed by atoms with Crippen LogP contribution in [0.4, 0.5) is 0 Å². The summed E-state index contributed by atoms with van der Waals surface area (Å²) < 4.78 is 0. The van der Waals surface area contributed by atoms with E-state index >= 15 is 0 Å². The third-order valence-electron chi connectivity index (χ3n) is 2.71. The minimum atomic E-state index is -0.245. The molecular formula is C13H21N3O. The van der Waals surface area contributed by atoms with Gasteiger partial charge >= 0.3 is 0 Å². The van der Waals surface area contributed by atoms with Crippen LogP contribution < -0.4 is 11.3 Å². The molecule has 0 fully saturated rings. The largest absolute Gasteiger partial charge is 0.299 e. The molecule has 0 saturated carbocycles. The molecule has 1 rings (SSSR count). The van der Waals surface area contributed by atoms with E-state index in [9.17, 15) is 4.79 Å². The van der Waals surface area contributed by atoms with Crippen LogP contribution >= 0.6 is 0 Å². The van der Waals surface area contributed by atoms with E-state index in [1.54, 1.807) is 6.07 Å². The van der Waals surface area contributed by atoms with Crippen molar-refractivity contribution in [3.8, 4) is 0 Å². The van der Waals surface area contributed by atoms with Gasteiger partial charge in [0.05, 0.1) is 0 Å². The van der Waals surface area contributed by atoms with Crippen molar-refractivity contribution in [3.05, 3.63) is 35.4 Å². The topological polar surface area (TPSA) is 58.4 Å². The first-order valence-corrected chi connectivity index (χ1v) is 6.03. The molecule has 0 aliphatic rings. The zero-order valence-corrected chi connectivity index (χ0v) is 10.6. The molecule has 0 unspecified atom stereocenters. The number of rotatable bonds is 6. The lowest BCUT2D eigenvalue weighted by molar-refractivity contribution is 0.0953.